The van der Waals surface area contributed by atoms with Crippen molar-refractivity contribution in [3.8, 4) is 11.5 Å². The smallest absolute Gasteiger partial charge is 0.257 e. The number of ether oxygens (including phenoxy) is 2. The van der Waals surface area contributed by atoms with Crippen LogP contribution < -0.4 is 25.7 Å². The van der Waals surface area contributed by atoms with Crippen LogP contribution in [-0.4, -0.2) is 28.5 Å². The molecule has 0 saturated carbocycles. The van der Waals surface area contributed by atoms with Gasteiger partial charge in [-0.05, 0) is 47.5 Å². The van der Waals surface area contributed by atoms with Gasteiger partial charge in [0.1, 0.15) is 11.5 Å². The number of anilines is 2. The number of carbonyl (C=O) groups is 1. The van der Waals surface area contributed by atoms with Crippen molar-refractivity contribution >= 4 is 39.5 Å². The van der Waals surface area contributed by atoms with Crippen LogP contribution in [0.1, 0.15) is 11.1 Å². The summed E-state index contributed by atoms with van der Waals surface area (Å²) in [6, 6.07) is 9.74. The van der Waals surface area contributed by atoms with E-state index in [4.69, 9.17) is 20.9 Å². The van der Waals surface area contributed by atoms with E-state index < -0.39 is 15.9 Å². The molecule has 0 atom stereocenters. The summed E-state index contributed by atoms with van der Waals surface area (Å²) in [5.41, 5.74) is 13.5. The number of amides is 1. The highest BCUT2D eigenvalue weighted by atomic mass is 32.2. The normalized spacial score (nSPS) is 11.6. The number of rotatable bonds is 7. The van der Waals surface area contributed by atoms with Crippen molar-refractivity contribution in [1.82, 2.24) is 4.72 Å². The van der Waals surface area contributed by atoms with Crippen LogP contribution >= 0.6 is 0 Å². The minimum atomic E-state index is -3.98. The van der Waals surface area contributed by atoms with E-state index in [2.05, 4.69) is 0 Å². The van der Waals surface area contributed by atoms with Gasteiger partial charge in [0.2, 0.25) is 0 Å². The molecule has 0 aromatic heterocycles. The fourth-order valence-corrected chi connectivity index (χ4v) is 3.01. The lowest BCUT2D eigenvalue weighted by molar-refractivity contribution is -0.114. The maximum absolute atomic E-state index is 12.0. The van der Waals surface area contributed by atoms with Gasteiger partial charge in [0.15, 0.2) is 0 Å². The number of nitrogens with two attached hydrogens (primary N) is 2. The summed E-state index contributed by atoms with van der Waals surface area (Å²) in [6.45, 7) is 0. The second-order valence-electron chi connectivity index (χ2n) is 5.65. The number of methoxy groups -OCH3 is 2. The Morgan fingerprint density at radius 2 is 1.43 bits per heavy atom. The van der Waals surface area contributed by atoms with Gasteiger partial charge in [-0.25, -0.2) is 13.1 Å². The number of hydrogen-bond donors (Lipinski definition) is 3. The molecule has 0 bridgehead atoms. The molecule has 8 nitrogen and oxygen atoms in total. The zero-order valence-electron chi connectivity index (χ0n) is 15.4. The Hall–Kier alpha value is -3.46. The Kier molecular flexibility index (Phi) is 6.67. The Labute approximate surface area is 163 Å². The first kappa shape index (κ1) is 20.8. The van der Waals surface area contributed by atoms with Crippen LogP contribution in [0, 0.1) is 0 Å². The van der Waals surface area contributed by atoms with E-state index in [0.29, 0.717) is 34.0 Å². The third-order valence-electron chi connectivity index (χ3n) is 3.62. The summed E-state index contributed by atoms with van der Waals surface area (Å²) in [4.78, 5) is 11.9. The molecule has 2 rings (SSSR count). The summed E-state index contributed by atoms with van der Waals surface area (Å²) < 4.78 is 36.1. The zero-order chi connectivity index (χ0) is 20.7. The maximum Gasteiger partial charge on any atom is 0.257 e. The van der Waals surface area contributed by atoms with Crippen molar-refractivity contribution in [2.24, 2.45) is 0 Å². The lowest BCUT2D eigenvalue weighted by Gasteiger charge is -2.05. The number of hydrogen-bond acceptors (Lipinski definition) is 7. The minimum Gasteiger partial charge on any atom is -0.495 e. The summed E-state index contributed by atoms with van der Waals surface area (Å²) in [6.07, 6.45) is 3.85. The molecule has 0 radical (unpaired) electrons. The molecule has 28 heavy (non-hydrogen) atoms. The largest absolute Gasteiger partial charge is 0.495 e. The van der Waals surface area contributed by atoms with Crippen molar-refractivity contribution < 1.29 is 22.7 Å². The van der Waals surface area contributed by atoms with Crippen LogP contribution in [0.2, 0.25) is 0 Å². The molecule has 1 amide bonds. The average molecular weight is 403 g/mol. The molecule has 2 aromatic carbocycles. The van der Waals surface area contributed by atoms with E-state index in [1.807, 2.05) is 4.72 Å². The van der Waals surface area contributed by atoms with E-state index in [1.54, 1.807) is 36.4 Å². The van der Waals surface area contributed by atoms with E-state index in [0.717, 1.165) is 11.5 Å². The van der Waals surface area contributed by atoms with Crippen molar-refractivity contribution in [2.45, 2.75) is 0 Å². The Bertz CT molecular complexity index is 1030. The van der Waals surface area contributed by atoms with Crippen molar-refractivity contribution in [3.05, 3.63) is 59.0 Å². The molecule has 2 aromatic rings. The first-order valence-corrected chi connectivity index (χ1v) is 9.58. The van der Waals surface area contributed by atoms with Crippen LogP contribution in [0.5, 0.6) is 11.5 Å². The summed E-state index contributed by atoms with van der Waals surface area (Å²) in [5, 5.41) is 0.880. The van der Waals surface area contributed by atoms with Crippen molar-refractivity contribution in [2.75, 3.05) is 25.7 Å². The summed E-state index contributed by atoms with van der Waals surface area (Å²) in [7, 11) is -1.00. The lowest BCUT2D eigenvalue weighted by Crippen LogP contribution is -2.26. The third-order valence-corrected chi connectivity index (χ3v) is 4.60. The minimum absolute atomic E-state index is 0.368. The molecule has 5 N–H and O–H groups in total. The Morgan fingerprint density at radius 1 is 0.929 bits per heavy atom. The number of benzene rings is 2. The molecule has 0 aliphatic carbocycles. The van der Waals surface area contributed by atoms with E-state index in [-0.39, 0.29) is 0 Å². The van der Waals surface area contributed by atoms with Crippen LogP contribution in [0.25, 0.3) is 12.2 Å². The summed E-state index contributed by atoms with van der Waals surface area (Å²) in [5.74, 6) is 0.194. The molecule has 9 heteroatoms. The summed E-state index contributed by atoms with van der Waals surface area (Å²) >= 11 is 0. The lowest BCUT2D eigenvalue weighted by atomic mass is 10.2. The highest BCUT2D eigenvalue weighted by Gasteiger charge is 2.09. The van der Waals surface area contributed by atoms with Crippen molar-refractivity contribution in [3.63, 3.8) is 0 Å². The average Bonchev–Trinajstić information content (AvgIpc) is 2.64. The third kappa shape index (κ3) is 5.78. The van der Waals surface area contributed by atoms with E-state index >= 15 is 0 Å². The Balaban J connectivity index is 2.03. The molecule has 0 spiro atoms. The molecule has 0 saturated heterocycles. The Morgan fingerprint density at radius 3 is 1.89 bits per heavy atom. The molecule has 0 unspecified atom stereocenters. The van der Waals surface area contributed by atoms with Gasteiger partial charge < -0.3 is 20.9 Å². The molecular weight excluding hydrogens is 382 g/mol. The van der Waals surface area contributed by atoms with Crippen LogP contribution in [0.4, 0.5) is 11.4 Å². The molecular formula is C19H21N3O5S. The second kappa shape index (κ2) is 8.96. The molecule has 148 valence electrons. The fourth-order valence-electron chi connectivity index (χ4n) is 2.26. The number of carbonyl (C=O) groups excluding carboxylic acids is 1. The molecule has 0 aliphatic rings. The topological polar surface area (TPSA) is 134 Å². The van der Waals surface area contributed by atoms with Gasteiger partial charge in [0.05, 0.1) is 31.0 Å². The van der Waals surface area contributed by atoms with Gasteiger partial charge in [-0.1, -0.05) is 12.1 Å². The van der Waals surface area contributed by atoms with Gasteiger partial charge in [-0.2, -0.15) is 0 Å². The van der Waals surface area contributed by atoms with Crippen LogP contribution in [0.3, 0.4) is 0 Å². The van der Waals surface area contributed by atoms with Gasteiger partial charge in [0.25, 0.3) is 15.9 Å². The van der Waals surface area contributed by atoms with Gasteiger partial charge in [-0.3, -0.25) is 4.79 Å². The highest BCUT2D eigenvalue weighted by Crippen LogP contribution is 2.23. The molecule has 0 aliphatic heterocycles. The maximum atomic E-state index is 12.0. The first-order chi connectivity index (χ1) is 13.2. The number of nitrogens with one attached hydrogen (secondary N) is 1. The fraction of sp³-hybridized carbons (Fsp3) is 0.105. The standard InChI is InChI=1S/C19H21N3O5S/c1-26-17-6-3-13(11-15(17)20)5-8-19(23)22-28(24,25)10-9-14-4-7-18(27-2)16(21)12-14/h3-12H,20-21H2,1-2H3,(H,22,23)/b8-5-,10-9+. The number of sulfonamides is 1. The van der Waals surface area contributed by atoms with Crippen LogP contribution in [-0.2, 0) is 14.8 Å². The quantitative estimate of drug-likeness (QED) is 0.475. The van der Waals surface area contributed by atoms with Gasteiger partial charge in [0, 0.05) is 6.08 Å². The molecule has 0 fully saturated rings. The van der Waals surface area contributed by atoms with Crippen LogP contribution in [0.15, 0.2) is 47.9 Å². The van der Waals surface area contributed by atoms with Crippen molar-refractivity contribution in [1.29, 1.82) is 0 Å². The monoisotopic (exact) mass is 403 g/mol. The SMILES string of the molecule is COc1ccc(/C=C\C(=O)NS(=O)(=O)/C=C/c2ccc(OC)c(N)c2)cc1N. The van der Waals surface area contributed by atoms with E-state index in [1.165, 1.54) is 26.4 Å². The number of nitrogen functional groups attached to an aromatic ring is 2. The molecule has 0 heterocycles. The predicted octanol–water partition coefficient (Wildman–Crippen LogP) is 2.00. The van der Waals surface area contributed by atoms with Gasteiger partial charge >= 0.3 is 0 Å². The van der Waals surface area contributed by atoms with E-state index in [9.17, 15) is 13.2 Å². The highest BCUT2D eigenvalue weighted by molar-refractivity contribution is 7.93. The van der Waals surface area contributed by atoms with Gasteiger partial charge in [-0.15, -0.1) is 0 Å². The second-order valence-corrected chi connectivity index (χ2v) is 7.22. The first-order valence-electron chi connectivity index (χ1n) is 8.04. The predicted molar refractivity (Wildman–Crippen MR) is 110 cm³/mol. The zero-order valence-corrected chi connectivity index (χ0v) is 16.2.